The largest absolute Gasteiger partial charge is 0.491 e. The molecule has 1 unspecified atom stereocenters. The highest BCUT2D eigenvalue weighted by Crippen LogP contribution is 2.27. The molecule has 1 fully saturated rings. The van der Waals surface area contributed by atoms with Crippen LogP contribution in [0.25, 0.3) is 0 Å². The fraction of sp³-hybridized carbons (Fsp3) is 0.538. The van der Waals surface area contributed by atoms with Crippen LogP contribution < -0.4 is 9.64 Å². The monoisotopic (exact) mass is 239 g/mol. The second-order valence-electron chi connectivity index (χ2n) is 4.33. The van der Waals surface area contributed by atoms with E-state index in [0.717, 1.165) is 25.2 Å². The summed E-state index contributed by atoms with van der Waals surface area (Å²) in [4.78, 5) is 2.10. The fourth-order valence-electron chi connectivity index (χ4n) is 2.18. The van der Waals surface area contributed by atoms with E-state index in [0.29, 0.717) is 18.3 Å². The number of anilines is 1. The van der Waals surface area contributed by atoms with Crippen molar-refractivity contribution in [2.24, 2.45) is 5.92 Å². The van der Waals surface area contributed by atoms with Gasteiger partial charge in [-0.15, -0.1) is 0 Å². The number of halogens is 1. The summed E-state index contributed by atoms with van der Waals surface area (Å²) in [5, 5.41) is 9.08. The van der Waals surface area contributed by atoms with Crippen LogP contribution in [0.5, 0.6) is 5.75 Å². The maximum atomic E-state index is 13.7. The third kappa shape index (κ3) is 2.69. The summed E-state index contributed by atoms with van der Waals surface area (Å²) in [6.07, 6.45) is 0.964. The summed E-state index contributed by atoms with van der Waals surface area (Å²) in [5.74, 6) is 0.288. The highest BCUT2D eigenvalue weighted by Gasteiger charge is 2.22. The number of hydrogen-bond donors (Lipinski definition) is 1. The molecule has 94 valence electrons. The molecule has 17 heavy (non-hydrogen) atoms. The van der Waals surface area contributed by atoms with E-state index in [1.165, 1.54) is 6.07 Å². The number of benzene rings is 1. The van der Waals surface area contributed by atoms with E-state index in [1.807, 2.05) is 13.0 Å². The number of nitrogens with zero attached hydrogens (tertiary/aromatic N) is 1. The molecule has 0 aromatic heterocycles. The molecule has 1 atom stereocenters. The van der Waals surface area contributed by atoms with E-state index >= 15 is 0 Å². The normalized spacial score (nSPS) is 19.7. The molecule has 0 bridgehead atoms. The lowest BCUT2D eigenvalue weighted by Crippen LogP contribution is -2.20. The van der Waals surface area contributed by atoms with Gasteiger partial charge in [0.25, 0.3) is 0 Å². The molecular formula is C13H18FNO2. The van der Waals surface area contributed by atoms with Crippen molar-refractivity contribution in [3.8, 4) is 5.75 Å². The molecule has 0 amide bonds. The first-order valence-electron chi connectivity index (χ1n) is 6.02. The van der Waals surface area contributed by atoms with Crippen molar-refractivity contribution < 1.29 is 14.2 Å². The predicted molar refractivity (Wildman–Crippen MR) is 65.0 cm³/mol. The Hall–Kier alpha value is -1.29. The van der Waals surface area contributed by atoms with Crippen molar-refractivity contribution in [1.82, 2.24) is 0 Å². The lowest BCUT2D eigenvalue weighted by molar-refractivity contribution is 0.238. The van der Waals surface area contributed by atoms with Gasteiger partial charge in [-0.3, -0.25) is 0 Å². The molecule has 1 aliphatic heterocycles. The van der Waals surface area contributed by atoms with Gasteiger partial charge in [-0.2, -0.15) is 0 Å². The number of aliphatic hydroxyl groups is 1. The van der Waals surface area contributed by atoms with Gasteiger partial charge in [-0.1, -0.05) is 0 Å². The zero-order chi connectivity index (χ0) is 12.3. The SMILES string of the molecule is CCOc1ccc(N2CCC(CO)C2)cc1F. The Kier molecular flexibility index (Phi) is 3.84. The summed E-state index contributed by atoms with van der Waals surface area (Å²) in [6, 6.07) is 5.04. The second-order valence-corrected chi connectivity index (χ2v) is 4.33. The van der Waals surface area contributed by atoms with E-state index in [4.69, 9.17) is 9.84 Å². The smallest absolute Gasteiger partial charge is 0.167 e. The van der Waals surface area contributed by atoms with Gasteiger partial charge in [0.05, 0.1) is 6.61 Å². The first kappa shape index (κ1) is 12.2. The van der Waals surface area contributed by atoms with Crippen molar-refractivity contribution >= 4 is 5.69 Å². The van der Waals surface area contributed by atoms with Gasteiger partial charge in [-0.25, -0.2) is 4.39 Å². The van der Waals surface area contributed by atoms with Gasteiger partial charge >= 0.3 is 0 Å². The van der Waals surface area contributed by atoms with Gasteiger partial charge in [0, 0.05) is 37.4 Å². The van der Waals surface area contributed by atoms with Gasteiger partial charge in [0.1, 0.15) is 0 Å². The maximum absolute atomic E-state index is 13.7. The number of rotatable bonds is 4. The van der Waals surface area contributed by atoms with E-state index < -0.39 is 0 Å². The lowest BCUT2D eigenvalue weighted by Gasteiger charge is -2.19. The van der Waals surface area contributed by atoms with Crippen LogP contribution in [0, 0.1) is 11.7 Å². The second kappa shape index (κ2) is 5.36. The molecule has 1 heterocycles. The Morgan fingerprint density at radius 2 is 2.35 bits per heavy atom. The molecule has 1 saturated heterocycles. The number of aliphatic hydroxyl groups excluding tert-OH is 1. The van der Waals surface area contributed by atoms with Crippen LogP contribution >= 0.6 is 0 Å². The molecule has 0 spiro atoms. The summed E-state index contributed by atoms with van der Waals surface area (Å²) in [7, 11) is 0. The summed E-state index contributed by atoms with van der Waals surface area (Å²) in [5.41, 5.74) is 0.863. The van der Waals surface area contributed by atoms with Crippen molar-refractivity contribution in [3.05, 3.63) is 24.0 Å². The Bertz CT molecular complexity index is 384. The zero-order valence-corrected chi connectivity index (χ0v) is 10.0. The van der Waals surface area contributed by atoms with Crippen molar-refractivity contribution in [1.29, 1.82) is 0 Å². The van der Waals surface area contributed by atoms with E-state index in [-0.39, 0.29) is 12.4 Å². The number of hydrogen-bond acceptors (Lipinski definition) is 3. The van der Waals surface area contributed by atoms with Crippen LogP contribution in [0.4, 0.5) is 10.1 Å². The molecule has 1 aromatic rings. The maximum Gasteiger partial charge on any atom is 0.167 e. The van der Waals surface area contributed by atoms with Crippen LogP contribution in [0.1, 0.15) is 13.3 Å². The molecule has 0 radical (unpaired) electrons. The van der Waals surface area contributed by atoms with Gasteiger partial charge in [0.15, 0.2) is 11.6 Å². The number of ether oxygens (including phenoxy) is 1. The minimum Gasteiger partial charge on any atom is -0.491 e. The van der Waals surface area contributed by atoms with Crippen LogP contribution in [-0.2, 0) is 0 Å². The molecular weight excluding hydrogens is 221 g/mol. The molecule has 0 aliphatic carbocycles. The molecule has 2 rings (SSSR count). The van der Waals surface area contributed by atoms with E-state index in [1.54, 1.807) is 6.07 Å². The van der Waals surface area contributed by atoms with E-state index in [2.05, 4.69) is 4.90 Å². The zero-order valence-electron chi connectivity index (χ0n) is 10.0. The highest BCUT2D eigenvalue weighted by molar-refractivity contribution is 5.50. The summed E-state index contributed by atoms with van der Waals surface area (Å²) in [6.45, 7) is 4.17. The average molecular weight is 239 g/mol. The molecule has 0 saturated carbocycles. The summed E-state index contributed by atoms with van der Waals surface area (Å²) >= 11 is 0. The Morgan fingerprint density at radius 1 is 1.53 bits per heavy atom. The van der Waals surface area contributed by atoms with Crippen molar-refractivity contribution in [3.63, 3.8) is 0 Å². The van der Waals surface area contributed by atoms with Gasteiger partial charge in [0.2, 0.25) is 0 Å². The quantitative estimate of drug-likeness (QED) is 0.872. The van der Waals surface area contributed by atoms with Crippen LogP contribution in [0.2, 0.25) is 0 Å². The third-order valence-electron chi connectivity index (χ3n) is 3.12. The molecule has 1 N–H and O–H groups in total. The molecule has 1 aliphatic rings. The minimum atomic E-state index is -0.322. The van der Waals surface area contributed by atoms with Crippen LogP contribution in [-0.4, -0.2) is 31.4 Å². The standard InChI is InChI=1S/C13H18FNO2/c1-2-17-13-4-3-11(7-12(13)14)15-6-5-10(8-15)9-16/h3-4,7,10,16H,2,5-6,8-9H2,1H3. The Balaban J connectivity index is 2.09. The topological polar surface area (TPSA) is 32.7 Å². The molecule has 4 heteroatoms. The summed E-state index contributed by atoms with van der Waals surface area (Å²) < 4.78 is 18.8. The van der Waals surface area contributed by atoms with Crippen molar-refractivity contribution in [2.45, 2.75) is 13.3 Å². The van der Waals surface area contributed by atoms with Crippen molar-refractivity contribution in [2.75, 3.05) is 31.2 Å². The van der Waals surface area contributed by atoms with Crippen LogP contribution in [0.15, 0.2) is 18.2 Å². The van der Waals surface area contributed by atoms with Crippen LogP contribution in [0.3, 0.4) is 0 Å². The first-order valence-corrected chi connectivity index (χ1v) is 6.02. The Morgan fingerprint density at radius 3 is 2.94 bits per heavy atom. The van der Waals surface area contributed by atoms with Gasteiger partial charge in [-0.05, 0) is 25.5 Å². The van der Waals surface area contributed by atoms with E-state index in [9.17, 15) is 4.39 Å². The average Bonchev–Trinajstić information content (AvgIpc) is 2.80. The third-order valence-corrected chi connectivity index (χ3v) is 3.12. The van der Waals surface area contributed by atoms with Gasteiger partial charge < -0.3 is 14.7 Å². The molecule has 1 aromatic carbocycles. The lowest BCUT2D eigenvalue weighted by atomic mass is 10.1. The Labute approximate surface area is 101 Å². The first-order chi connectivity index (χ1) is 8.24. The fourth-order valence-corrected chi connectivity index (χ4v) is 2.18. The molecule has 3 nitrogen and oxygen atoms in total. The minimum absolute atomic E-state index is 0.204. The predicted octanol–water partition coefficient (Wildman–Crippen LogP) is 2.04. The highest BCUT2D eigenvalue weighted by atomic mass is 19.1.